The third-order valence-electron chi connectivity index (χ3n) is 0. The first-order valence-corrected chi connectivity index (χ1v) is 3.00. The molecular formula is H6BP3. The smallest absolute Gasteiger partial charge is 0.161 e. The average Bonchev–Trinajstić information content (AvgIpc) is 0.811. The molecule has 0 aromatic heterocycles. The minimum absolute atomic E-state index is 0.583. The Labute approximate surface area is 34.1 Å². The second-order valence-electron chi connectivity index (χ2n) is 0.577. The first-order chi connectivity index (χ1) is 1.73. The second-order valence-corrected chi connectivity index (χ2v) is 5.20. The molecule has 4 heteroatoms. The van der Waals surface area contributed by atoms with E-state index in [-0.39, 0.29) is 0 Å². The zero-order valence-electron chi connectivity index (χ0n) is 2.31. The summed E-state index contributed by atoms with van der Waals surface area (Å²) in [6.07, 6.45) is 0. The molecular weight excluding hydrogens is 104 g/mol. The highest BCUT2D eigenvalue weighted by molar-refractivity contribution is 8.17. The van der Waals surface area contributed by atoms with Crippen molar-refractivity contribution < 1.29 is 0 Å². The van der Waals surface area contributed by atoms with Gasteiger partial charge in [0.25, 0.3) is 0 Å². The van der Waals surface area contributed by atoms with Gasteiger partial charge in [0.1, 0.15) is 0 Å². The summed E-state index contributed by atoms with van der Waals surface area (Å²) in [6, 6.07) is 0. The van der Waals surface area contributed by atoms with Gasteiger partial charge in [-0.2, -0.15) is 27.4 Å². The molecule has 0 nitrogen and oxygen atoms in total. The van der Waals surface area contributed by atoms with Crippen molar-refractivity contribution in [3.05, 3.63) is 0 Å². The first-order valence-electron chi connectivity index (χ1n) is 1.00. The van der Waals surface area contributed by atoms with Crippen molar-refractivity contribution in [1.29, 1.82) is 0 Å². The summed E-state index contributed by atoms with van der Waals surface area (Å²) in [4.78, 5) is 0. The van der Waals surface area contributed by atoms with Crippen molar-refractivity contribution in [2.45, 2.75) is 0 Å². The normalized spacial score (nSPS) is 6.75. The molecule has 0 amide bonds. The lowest BCUT2D eigenvalue weighted by Gasteiger charge is -1.72. The van der Waals surface area contributed by atoms with E-state index >= 15 is 0 Å². The highest BCUT2D eigenvalue weighted by Crippen LogP contribution is 2.08. The molecule has 0 N–H and O–H groups in total. The Hall–Kier alpha value is 1.35. The van der Waals surface area contributed by atoms with Gasteiger partial charge in [0.15, 0.2) is 0 Å². The minimum atomic E-state index is 0.583. The Morgan fingerprint density at radius 3 is 1.00 bits per heavy atom. The largest absolute Gasteiger partial charge is 0.209 e. The maximum atomic E-state index is 2.58. The zero-order valence-corrected chi connectivity index (χ0v) is 5.77. The fourth-order valence-corrected chi connectivity index (χ4v) is 0. The quantitative estimate of drug-likeness (QED) is 0.316. The van der Waals surface area contributed by atoms with Gasteiger partial charge in [-0.15, -0.1) is 0 Å². The zero-order chi connectivity index (χ0) is 3.58. The van der Waals surface area contributed by atoms with Crippen molar-refractivity contribution >= 4 is 33.2 Å². The van der Waals surface area contributed by atoms with E-state index in [4.69, 9.17) is 0 Å². The van der Waals surface area contributed by atoms with Crippen LogP contribution in [0.4, 0.5) is 0 Å². The maximum Gasteiger partial charge on any atom is 0.209 e. The topological polar surface area (TPSA) is 0 Å². The van der Waals surface area contributed by atoms with Gasteiger partial charge in [0, 0.05) is 0 Å². The van der Waals surface area contributed by atoms with Gasteiger partial charge in [-0.05, 0) is 0 Å². The molecule has 0 radical (unpaired) electrons. The SMILES string of the molecule is PB(P)P. The van der Waals surface area contributed by atoms with Gasteiger partial charge in [-0.3, -0.25) is 0 Å². The Morgan fingerprint density at radius 1 is 1.00 bits per heavy atom. The Kier molecular flexibility index (Phi) is 3.46. The minimum Gasteiger partial charge on any atom is -0.161 e. The third kappa shape index (κ3) is 10.1. The molecule has 0 heterocycles. The molecule has 3 atom stereocenters. The van der Waals surface area contributed by atoms with E-state index < -0.39 is 0 Å². The van der Waals surface area contributed by atoms with Crippen LogP contribution < -0.4 is 0 Å². The molecule has 0 aliphatic rings. The predicted molar refractivity (Wildman–Crippen MR) is 34.9 cm³/mol. The van der Waals surface area contributed by atoms with E-state index in [9.17, 15) is 0 Å². The summed E-state index contributed by atoms with van der Waals surface area (Å²) in [5.74, 6) is 0.583. The molecule has 0 saturated heterocycles. The Bertz CT molecular complexity index is 8.00. The van der Waals surface area contributed by atoms with E-state index in [1.807, 2.05) is 0 Å². The van der Waals surface area contributed by atoms with Crippen molar-refractivity contribution in [3.63, 3.8) is 0 Å². The van der Waals surface area contributed by atoms with Gasteiger partial charge in [0.2, 0.25) is 5.87 Å². The van der Waals surface area contributed by atoms with Crippen LogP contribution in [0.2, 0.25) is 0 Å². The molecule has 3 unspecified atom stereocenters. The van der Waals surface area contributed by atoms with Gasteiger partial charge >= 0.3 is 0 Å². The molecule has 4 heavy (non-hydrogen) atoms. The lowest BCUT2D eigenvalue weighted by Crippen LogP contribution is -1.60. The van der Waals surface area contributed by atoms with Gasteiger partial charge < -0.3 is 0 Å². The van der Waals surface area contributed by atoms with Gasteiger partial charge in [-0.25, -0.2) is 0 Å². The standard InChI is InChI=1S/BH6P3/c2-1(3)4/h2-4H2. The van der Waals surface area contributed by atoms with E-state index in [0.29, 0.717) is 5.87 Å². The van der Waals surface area contributed by atoms with E-state index in [2.05, 4.69) is 27.4 Å². The number of rotatable bonds is 0. The lowest BCUT2D eigenvalue weighted by molar-refractivity contribution is 4.51. The van der Waals surface area contributed by atoms with Crippen LogP contribution in [0.3, 0.4) is 0 Å². The van der Waals surface area contributed by atoms with Crippen LogP contribution in [0, 0.1) is 0 Å². The highest BCUT2D eigenvalue weighted by Gasteiger charge is 1.77. The molecule has 0 aromatic carbocycles. The molecule has 24 valence electrons. The summed E-state index contributed by atoms with van der Waals surface area (Å²) in [5.41, 5.74) is 0. The van der Waals surface area contributed by atoms with Crippen LogP contribution in [-0.4, -0.2) is 5.87 Å². The van der Waals surface area contributed by atoms with Crippen LogP contribution in [0.25, 0.3) is 0 Å². The molecule has 0 spiro atoms. The summed E-state index contributed by atoms with van der Waals surface area (Å²) in [5, 5.41) is 0. The van der Waals surface area contributed by atoms with E-state index in [1.165, 1.54) is 0 Å². The summed E-state index contributed by atoms with van der Waals surface area (Å²) < 4.78 is 0. The third-order valence-corrected chi connectivity index (χ3v) is 0. The van der Waals surface area contributed by atoms with Crippen molar-refractivity contribution in [3.8, 4) is 0 Å². The Morgan fingerprint density at radius 2 is 1.00 bits per heavy atom. The Balaban J connectivity index is 2.32. The van der Waals surface area contributed by atoms with Crippen LogP contribution >= 0.6 is 27.4 Å². The van der Waals surface area contributed by atoms with E-state index in [1.54, 1.807) is 0 Å². The van der Waals surface area contributed by atoms with Gasteiger partial charge in [-0.1, -0.05) is 0 Å². The van der Waals surface area contributed by atoms with Crippen molar-refractivity contribution in [2.24, 2.45) is 0 Å². The molecule has 0 saturated carbocycles. The number of hydrogen-bond donors (Lipinski definition) is 0. The molecule has 0 rings (SSSR count). The highest BCUT2D eigenvalue weighted by atomic mass is 31.1. The van der Waals surface area contributed by atoms with Crippen LogP contribution in [0.1, 0.15) is 0 Å². The summed E-state index contributed by atoms with van der Waals surface area (Å²) in [7, 11) is 7.75. The summed E-state index contributed by atoms with van der Waals surface area (Å²) in [6.45, 7) is 0. The first kappa shape index (κ1) is 5.35. The van der Waals surface area contributed by atoms with Crippen LogP contribution in [0.15, 0.2) is 0 Å². The summed E-state index contributed by atoms with van der Waals surface area (Å²) >= 11 is 0. The maximum absolute atomic E-state index is 2.58. The van der Waals surface area contributed by atoms with Crippen LogP contribution in [-0.2, 0) is 0 Å². The van der Waals surface area contributed by atoms with Gasteiger partial charge in [0.05, 0.1) is 0 Å². The number of hydrogen-bond acceptors (Lipinski definition) is 0. The monoisotopic (exact) mass is 110 g/mol. The molecule has 0 aliphatic carbocycles. The lowest BCUT2D eigenvalue weighted by atomic mass is 10.7. The predicted octanol–water partition coefficient (Wildman–Crippen LogP) is 0.597. The molecule has 0 aromatic rings. The fourth-order valence-electron chi connectivity index (χ4n) is 0. The molecule has 0 aliphatic heterocycles. The second kappa shape index (κ2) is 2.58. The average molecular weight is 110 g/mol. The molecule has 0 bridgehead atoms. The van der Waals surface area contributed by atoms with E-state index in [0.717, 1.165) is 0 Å². The molecule has 0 fully saturated rings. The van der Waals surface area contributed by atoms with Crippen molar-refractivity contribution in [1.82, 2.24) is 0 Å². The fraction of sp³-hybridized carbons (Fsp3) is 0. The van der Waals surface area contributed by atoms with Crippen LogP contribution in [0.5, 0.6) is 0 Å². The van der Waals surface area contributed by atoms with Crippen molar-refractivity contribution in [2.75, 3.05) is 0 Å².